The first-order chi connectivity index (χ1) is 13.5. The van der Waals surface area contributed by atoms with Gasteiger partial charge in [0, 0.05) is 38.9 Å². The van der Waals surface area contributed by atoms with E-state index in [-0.39, 0.29) is 23.8 Å². The number of sulfonamides is 1. The molecule has 1 amide bonds. The van der Waals surface area contributed by atoms with Crippen molar-refractivity contribution in [2.75, 3.05) is 32.8 Å². The summed E-state index contributed by atoms with van der Waals surface area (Å²) >= 11 is 0. The van der Waals surface area contributed by atoms with Gasteiger partial charge >= 0.3 is 0 Å². The van der Waals surface area contributed by atoms with E-state index in [9.17, 15) is 13.2 Å². The van der Waals surface area contributed by atoms with E-state index in [0.29, 0.717) is 39.1 Å². The van der Waals surface area contributed by atoms with Gasteiger partial charge in [-0.25, -0.2) is 13.1 Å². The van der Waals surface area contributed by atoms with E-state index < -0.39 is 15.8 Å². The van der Waals surface area contributed by atoms with E-state index in [4.69, 9.17) is 9.47 Å². The van der Waals surface area contributed by atoms with Gasteiger partial charge in [-0.15, -0.1) is 0 Å². The Morgan fingerprint density at radius 3 is 2.46 bits per heavy atom. The van der Waals surface area contributed by atoms with Gasteiger partial charge in [0.15, 0.2) is 5.79 Å². The molecule has 0 aromatic heterocycles. The zero-order valence-corrected chi connectivity index (χ0v) is 16.9. The second kappa shape index (κ2) is 8.10. The van der Waals surface area contributed by atoms with Gasteiger partial charge in [-0.1, -0.05) is 6.07 Å². The SMILES string of the molecule is O=C(CCNS(=O)(=O)c1ccc2c(c1)CCCC2)N1CCC2(CC1)OCCO2. The topological polar surface area (TPSA) is 84.9 Å². The Morgan fingerprint density at radius 1 is 1.07 bits per heavy atom. The molecule has 2 aliphatic heterocycles. The predicted octanol–water partition coefficient (Wildman–Crippen LogP) is 1.60. The first kappa shape index (κ1) is 19.8. The van der Waals surface area contributed by atoms with Crippen molar-refractivity contribution in [3.05, 3.63) is 29.3 Å². The molecule has 1 aliphatic carbocycles. The Balaban J connectivity index is 1.28. The van der Waals surface area contributed by atoms with Crippen molar-refractivity contribution >= 4 is 15.9 Å². The molecular formula is C20H28N2O5S. The maximum absolute atomic E-state index is 12.6. The molecule has 0 saturated carbocycles. The molecule has 7 nitrogen and oxygen atoms in total. The summed E-state index contributed by atoms with van der Waals surface area (Å²) in [7, 11) is -3.60. The highest BCUT2D eigenvalue weighted by Crippen LogP contribution is 2.31. The summed E-state index contributed by atoms with van der Waals surface area (Å²) in [6.45, 7) is 2.48. The monoisotopic (exact) mass is 408 g/mol. The Bertz CT molecular complexity index is 823. The number of amides is 1. The molecule has 1 spiro atoms. The molecule has 1 aromatic carbocycles. The fraction of sp³-hybridized carbons (Fsp3) is 0.650. The normalized spacial score (nSPS) is 21.6. The number of aryl methyl sites for hydroxylation is 2. The number of rotatable bonds is 5. The number of ether oxygens (including phenoxy) is 2. The second-order valence-electron chi connectivity index (χ2n) is 7.77. The van der Waals surface area contributed by atoms with Gasteiger partial charge in [0.1, 0.15) is 0 Å². The fourth-order valence-electron chi connectivity index (χ4n) is 4.29. The minimum atomic E-state index is -3.60. The van der Waals surface area contributed by atoms with Crippen molar-refractivity contribution in [1.29, 1.82) is 0 Å². The molecule has 0 atom stereocenters. The minimum Gasteiger partial charge on any atom is -0.347 e. The summed E-state index contributed by atoms with van der Waals surface area (Å²) in [4.78, 5) is 14.5. The van der Waals surface area contributed by atoms with Crippen LogP contribution in [0.25, 0.3) is 0 Å². The van der Waals surface area contributed by atoms with Crippen LogP contribution in [0, 0.1) is 0 Å². The number of fused-ring (bicyclic) bond motifs is 1. The summed E-state index contributed by atoms with van der Waals surface area (Å²) in [5.74, 6) is -0.550. The maximum Gasteiger partial charge on any atom is 0.240 e. The van der Waals surface area contributed by atoms with Gasteiger partial charge in [-0.05, 0) is 48.9 Å². The van der Waals surface area contributed by atoms with Gasteiger partial charge in [0.25, 0.3) is 0 Å². The van der Waals surface area contributed by atoms with Crippen LogP contribution >= 0.6 is 0 Å². The lowest BCUT2D eigenvalue weighted by atomic mass is 9.92. The number of benzene rings is 1. The van der Waals surface area contributed by atoms with Gasteiger partial charge in [-0.2, -0.15) is 0 Å². The molecule has 0 unspecified atom stereocenters. The number of nitrogens with zero attached hydrogens (tertiary/aromatic N) is 1. The largest absolute Gasteiger partial charge is 0.347 e. The third-order valence-electron chi connectivity index (χ3n) is 5.95. The van der Waals surface area contributed by atoms with Crippen LogP contribution in [0.2, 0.25) is 0 Å². The average Bonchev–Trinajstić information content (AvgIpc) is 3.16. The second-order valence-corrected chi connectivity index (χ2v) is 9.54. The first-order valence-electron chi connectivity index (χ1n) is 10.1. The average molecular weight is 409 g/mol. The number of carbonyl (C=O) groups excluding carboxylic acids is 1. The molecule has 2 fully saturated rings. The van der Waals surface area contributed by atoms with Crippen molar-refractivity contribution < 1.29 is 22.7 Å². The number of carbonyl (C=O) groups is 1. The van der Waals surface area contributed by atoms with E-state index >= 15 is 0 Å². The van der Waals surface area contributed by atoms with Crippen molar-refractivity contribution in [3.63, 3.8) is 0 Å². The molecule has 4 rings (SSSR count). The number of likely N-dealkylation sites (tertiary alicyclic amines) is 1. The minimum absolute atomic E-state index is 0.0408. The Labute approximate surface area is 166 Å². The van der Waals surface area contributed by atoms with Crippen LogP contribution in [-0.2, 0) is 37.1 Å². The van der Waals surface area contributed by atoms with Crippen molar-refractivity contribution in [2.24, 2.45) is 0 Å². The molecule has 0 bridgehead atoms. The quantitative estimate of drug-likeness (QED) is 0.800. The molecule has 1 N–H and O–H groups in total. The lowest BCUT2D eigenvalue weighted by molar-refractivity contribution is -0.187. The van der Waals surface area contributed by atoms with Gasteiger partial charge in [-0.3, -0.25) is 4.79 Å². The predicted molar refractivity (Wildman–Crippen MR) is 103 cm³/mol. The van der Waals surface area contributed by atoms with Crippen LogP contribution in [0.15, 0.2) is 23.1 Å². The van der Waals surface area contributed by atoms with E-state index in [1.807, 2.05) is 6.07 Å². The van der Waals surface area contributed by atoms with Crippen molar-refractivity contribution in [2.45, 2.75) is 55.6 Å². The molecule has 2 heterocycles. The molecule has 0 radical (unpaired) electrons. The third kappa shape index (κ3) is 4.25. The van der Waals surface area contributed by atoms with E-state index in [1.165, 1.54) is 5.56 Å². The number of piperidine rings is 1. The van der Waals surface area contributed by atoms with E-state index in [2.05, 4.69) is 4.72 Å². The van der Waals surface area contributed by atoms with Crippen LogP contribution in [0.4, 0.5) is 0 Å². The third-order valence-corrected chi connectivity index (χ3v) is 7.41. The van der Waals surface area contributed by atoms with Crippen LogP contribution in [-0.4, -0.2) is 57.9 Å². The molecule has 3 aliphatic rings. The smallest absolute Gasteiger partial charge is 0.240 e. The number of nitrogens with one attached hydrogen (secondary N) is 1. The maximum atomic E-state index is 12.6. The summed E-state index contributed by atoms with van der Waals surface area (Å²) < 4.78 is 39.1. The molecule has 28 heavy (non-hydrogen) atoms. The van der Waals surface area contributed by atoms with E-state index in [1.54, 1.807) is 17.0 Å². The molecular weight excluding hydrogens is 380 g/mol. The Morgan fingerprint density at radius 2 is 1.75 bits per heavy atom. The highest BCUT2D eigenvalue weighted by Gasteiger charge is 2.40. The highest BCUT2D eigenvalue weighted by molar-refractivity contribution is 7.89. The van der Waals surface area contributed by atoms with Gasteiger partial charge in [0.2, 0.25) is 15.9 Å². The molecule has 2 saturated heterocycles. The zero-order chi connectivity index (χ0) is 19.6. The fourth-order valence-corrected chi connectivity index (χ4v) is 5.38. The Hall–Kier alpha value is -1.48. The molecule has 8 heteroatoms. The first-order valence-corrected chi connectivity index (χ1v) is 11.6. The van der Waals surface area contributed by atoms with Crippen LogP contribution in [0.1, 0.15) is 43.2 Å². The number of hydrogen-bond acceptors (Lipinski definition) is 5. The highest BCUT2D eigenvalue weighted by atomic mass is 32.2. The van der Waals surface area contributed by atoms with Gasteiger partial charge in [0.05, 0.1) is 18.1 Å². The standard InChI is InChI=1S/C20H28N2O5S/c23-19(22-11-8-20(9-12-22)26-13-14-27-20)7-10-21-28(24,25)18-6-5-16-3-1-2-4-17(16)15-18/h5-6,15,21H,1-4,7-14H2. The number of hydrogen-bond donors (Lipinski definition) is 1. The van der Waals surface area contributed by atoms with Crippen molar-refractivity contribution in [3.8, 4) is 0 Å². The zero-order valence-electron chi connectivity index (χ0n) is 16.1. The Kier molecular flexibility index (Phi) is 5.73. The molecule has 1 aromatic rings. The summed E-state index contributed by atoms with van der Waals surface area (Å²) in [5.41, 5.74) is 2.38. The van der Waals surface area contributed by atoms with Crippen molar-refractivity contribution in [1.82, 2.24) is 9.62 Å². The summed E-state index contributed by atoms with van der Waals surface area (Å²) in [5, 5.41) is 0. The molecule has 154 valence electrons. The van der Waals surface area contributed by atoms with Crippen LogP contribution < -0.4 is 4.72 Å². The summed E-state index contributed by atoms with van der Waals surface area (Å²) in [6, 6.07) is 5.37. The summed E-state index contributed by atoms with van der Waals surface area (Å²) in [6.07, 6.45) is 5.70. The van der Waals surface area contributed by atoms with Crippen LogP contribution in [0.3, 0.4) is 0 Å². The van der Waals surface area contributed by atoms with Crippen LogP contribution in [0.5, 0.6) is 0 Å². The van der Waals surface area contributed by atoms with E-state index in [0.717, 1.165) is 31.2 Å². The lowest BCUT2D eigenvalue weighted by Crippen LogP contribution is -2.47. The lowest BCUT2D eigenvalue weighted by Gasteiger charge is -2.37. The van der Waals surface area contributed by atoms with Gasteiger partial charge < -0.3 is 14.4 Å².